The van der Waals surface area contributed by atoms with Crippen LogP contribution in [-0.2, 0) is 28.0 Å². The lowest BCUT2D eigenvalue weighted by molar-refractivity contribution is -0.181. The highest BCUT2D eigenvalue weighted by Crippen LogP contribution is 2.77. The largest absolute Gasteiger partial charge is 0.460 e. The Labute approximate surface area is 323 Å². The molecule has 9 rings (SSSR count). The van der Waals surface area contributed by atoms with Crippen LogP contribution < -0.4 is 10.6 Å². The van der Waals surface area contributed by atoms with Crippen molar-refractivity contribution in [1.29, 1.82) is 0 Å². The summed E-state index contributed by atoms with van der Waals surface area (Å²) in [7, 11) is 0. The molecular weight excluding hydrogens is 667 g/mol. The van der Waals surface area contributed by atoms with Crippen LogP contribution >= 0.6 is 0 Å². The van der Waals surface area contributed by atoms with Crippen molar-refractivity contribution < 1.29 is 9.53 Å². The molecule has 4 fully saturated rings. The van der Waals surface area contributed by atoms with E-state index in [0.717, 1.165) is 75.2 Å². The van der Waals surface area contributed by atoms with Gasteiger partial charge in [-0.3, -0.25) is 9.89 Å². The number of hydrogen-bond acceptors (Lipinski definition) is 6. The monoisotopic (exact) mass is 729 g/mol. The highest BCUT2D eigenvalue weighted by molar-refractivity contribution is 5.81. The van der Waals surface area contributed by atoms with Crippen LogP contribution in [0.15, 0.2) is 54.2 Å². The minimum Gasteiger partial charge on any atom is -0.460 e. The Morgan fingerprint density at radius 3 is 2.39 bits per heavy atom. The van der Waals surface area contributed by atoms with E-state index in [-0.39, 0.29) is 39.0 Å². The number of aromatic amines is 1. The van der Waals surface area contributed by atoms with Crippen LogP contribution in [-0.4, -0.2) is 34.2 Å². The first-order chi connectivity index (χ1) is 25.6. The second kappa shape index (κ2) is 12.2. The second-order valence-electron chi connectivity index (χ2n) is 20.6. The summed E-state index contributed by atoms with van der Waals surface area (Å²) in [5.41, 5.74) is 14.0. The van der Waals surface area contributed by atoms with E-state index < -0.39 is 5.41 Å². The lowest BCUT2D eigenvalue weighted by atomic mass is 9.33. The number of benzene rings is 1. The van der Waals surface area contributed by atoms with Crippen molar-refractivity contribution >= 4 is 23.2 Å². The summed E-state index contributed by atoms with van der Waals surface area (Å²) in [4.78, 5) is 22.5. The molecule has 7 nitrogen and oxygen atoms in total. The molecule has 3 N–H and O–H groups in total. The quantitative estimate of drug-likeness (QED) is 0.254. The van der Waals surface area contributed by atoms with Gasteiger partial charge in [0.05, 0.1) is 11.1 Å². The van der Waals surface area contributed by atoms with Crippen molar-refractivity contribution in [2.45, 2.75) is 131 Å². The number of carbonyl (C=O) groups is 1. The number of rotatable bonds is 5. The molecule has 7 atom stereocenters. The number of anilines is 2. The molecule has 0 radical (unpaired) electrons. The Balaban J connectivity index is 1.21. The van der Waals surface area contributed by atoms with Crippen molar-refractivity contribution in [1.82, 2.24) is 15.2 Å². The van der Waals surface area contributed by atoms with E-state index in [9.17, 15) is 4.79 Å². The molecule has 1 aromatic carbocycles. The number of nitrogens with two attached hydrogens (primary N) is 1. The van der Waals surface area contributed by atoms with Crippen LogP contribution in [0, 0.1) is 44.8 Å². The number of fused-ring (bicyclic) bond motifs is 8. The molecule has 0 bridgehead atoms. The molecule has 6 aliphatic rings. The maximum Gasteiger partial charge on any atom is 0.313 e. The van der Waals surface area contributed by atoms with Crippen molar-refractivity contribution in [2.24, 2.45) is 44.8 Å². The van der Waals surface area contributed by atoms with Crippen molar-refractivity contribution in [2.75, 3.05) is 23.7 Å². The van der Waals surface area contributed by atoms with Crippen LogP contribution in [0.1, 0.15) is 135 Å². The first-order valence-corrected chi connectivity index (χ1v) is 21.1. The summed E-state index contributed by atoms with van der Waals surface area (Å²) in [5.74, 6) is 2.90. The van der Waals surface area contributed by atoms with Gasteiger partial charge < -0.3 is 15.4 Å². The van der Waals surface area contributed by atoms with Crippen LogP contribution in [0.25, 0.3) is 5.57 Å². The molecule has 54 heavy (non-hydrogen) atoms. The minimum absolute atomic E-state index is 0.0169. The Morgan fingerprint density at radius 1 is 0.926 bits per heavy atom. The molecule has 3 aromatic rings. The Hall–Kier alpha value is -3.61. The predicted octanol–water partition coefficient (Wildman–Crippen LogP) is 10.1. The average molecular weight is 730 g/mol. The summed E-state index contributed by atoms with van der Waals surface area (Å²) < 4.78 is 6.40. The van der Waals surface area contributed by atoms with Gasteiger partial charge in [-0.2, -0.15) is 5.10 Å². The zero-order valence-corrected chi connectivity index (χ0v) is 34.0. The topological polar surface area (TPSA) is 97.1 Å². The number of nitrogen functional groups attached to an aromatic ring is 1. The normalized spacial score (nSPS) is 36.4. The van der Waals surface area contributed by atoms with Crippen LogP contribution in [0.2, 0.25) is 0 Å². The number of allylic oxidation sites excluding steroid dienone is 2. The van der Waals surface area contributed by atoms with Gasteiger partial charge in [0.2, 0.25) is 0 Å². The van der Waals surface area contributed by atoms with E-state index >= 15 is 0 Å². The fourth-order valence-corrected chi connectivity index (χ4v) is 14.0. The number of aromatic nitrogens is 3. The molecule has 7 heteroatoms. The number of H-pyrrole nitrogens is 1. The summed E-state index contributed by atoms with van der Waals surface area (Å²) in [5, 5.41) is 8.03. The lowest BCUT2D eigenvalue weighted by Crippen LogP contribution is -2.65. The van der Waals surface area contributed by atoms with E-state index in [1.807, 2.05) is 18.2 Å². The van der Waals surface area contributed by atoms with Crippen LogP contribution in [0.5, 0.6) is 0 Å². The molecule has 2 aromatic heterocycles. The number of esters is 1. The van der Waals surface area contributed by atoms with Gasteiger partial charge in [-0.15, -0.1) is 0 Å². The van der Waals surface area contributed by atoms with Gasteiger partial charge in [-0.25, -0.2) is 4.98 Å². The molecule has 3 unspecified atom stereocenters. The Kier molecular flexibility index (Phi) is 8.14. The highest BCUT2D eigenvalue weighted by Gasteiger charge is 2.70. The van der Waals surface area contributed by atoms with Crippen molar-refractivity contribution in [3.8, 4) is 0 Å². The maximum absolute atomic E-state index is 14.9. The average Bonchev–Trinajstić information content (AvgIpc) is 3.82. The zero-order valence-electron chi connectivity index (χ0n) is 34.0. The molecule has 5 aliphatic carbocycles. The number of carbonyl (C=O) groups excluding carboxylic acids is 1. The van der Waals surface area contributed by atoms with Crippen molar-refractivity contribution in [3.05, 3.63) is 76.6 Å². The number of nitrogens with one attached hydrogen (secondary N) is 1. The first-order valence-electron chi connectivity index (χ1n) is 21.1. The molecule has 288 valence electrons. The molecular formula is C47H63N5O2. The van der Waals surface area contributed by atoms with Crippen LogP contribution in [0.4, 0.5) is 11.6 Å². The van der Waals surface area contributed by atoms with Gasteiger partial charge in [0, 0.05) is 30.3 Å². The lowest BCUT2D eigenvalue weighted by Gasteiger charge is -2.71. The SMILES string of the molecule is CC1(C)CC[C@]2(C(=O)OCc3ccccc3)CC[C@]3(C)C(=C(c4ccc(N5CCCC5)nc4)CC4[C@@]5(C)Cc6c(n[nH]c6N)C(C)(C)C5CC[C@]43C)C2C1. The fraction of sp³-hybridized carbons (Fsp3) is 0.638. The summed E-state index contributed by atoms with van der Waals surface area (Å²) in [6, 6.07) is 14.9. The first kappa shape index (κ1) is 36.1. The highest BCUT2D eigenvalue weighted by atomic mass is 16.5. The summed E-state index contributed by atoms with van der Waals surface area (Å²) in [6.07, 6.45) is 13.8. The summed E-state index contributed by atoms with van der Waals surface area (Å²) >= 11 is 0. The number of ether oxygens (including phenoxy) is 1. The van der Waals surface area contributed by atoms with E-state index in [0.29, 0.717) is 18.4 Å². The van der Waals surface area contributed by atoms with Gasteiger partial charge in [0.15, 0.2) is 0 Å². The van der Waals surface area contributed by atoms with E-state index in [2.05, 4.69) is 88.9 Å². The zero-order chi connectivity index (χ0) is 37.9. The third-order valence-electron chi connectivity index (χ3n) is 17.1. The van der Waals surface area contributed by atoms with Crippen LogP contribution in [0.3, 0.4) is 0 Å². The summed E-state index contributed by atoms with van der Waals surface area (Å²) in [6.45, 7) is 20.1. The third-order valence-corrected chi connectivity index (χ3v) is 17.1. The van der Waals surface area contributed by atoms with Crippen molar-refractivity contribution in [3.63, 3.8) is 0 Å². The second-order valence-corrected chi connectivity index (χ2v) is 20.6. The van der Waals surface area contributed by atoms with Gasteiger partial charge >= 0.3 is 5.97 Å². The van der Waals surface area contributed by atoms with E-state index in [1.54, 1.807) is 5.57 Å². The van der Waals surface area contributed by atoms with Gasteiger partial charge in [0.1, 0.15) is 18.2 Å². The molecule has 1 aliphatic heterocycles. The number of pyridine rings is 1. The molecule has 1 saturated heterocycles. The standard InChI is InChI=1S/C47H63N5O2/c1-42(2)19-21-47(41(53)54-29-30-13-9-8-10-14-30)22-20-46(7)38(34(47)27-42)32(31-15-16-37(49-28-31)52-23-11-12-24-52)25-36-44(5)26-33-39(50-51-40(33)48)43(3,4)35(44)17-18-45(36,46)6/h8-10,13-16,28,34-36H,11-12,17-27,29H2,1-7H3,(H3,48,50,51)/t34?,35?,36?,44-,45+,46+,47-/m0/s1. The molecule has 0 amide bonds. The molecule has 0 spiro atoms. The predicted molar refractivity (Wildman–Crippen MR) is 217 cm³/mol. The maximum atomic E-state index is 14.9. The van der Waals surface area contributed by atoms with Gasteiger partial charge in [-0.1, -0.05) is 84.4 Å². The molecule has 3 saturated carbocycles. The van der Waals surface area contributed by atoms with Gasteiger partial charge in [0.25, 0.3) is 0 Å². The Morgan fingerprint density at radius 2 is 1.67 bits per heavy atom. The minimum atomic E-state index is -0.523. The van der Waals surface area contributed by atoms with Gasteiger partial charge in [-0.05, 0) is 139 Å². The van der Waals surface area contributed by atoms with E-state index in [4.69, 9.17) is 20.6 Å². The smallest absolute Gasteiger partial charge is 0.313 e. The fourth-order valence-electron chi connectivity index (χ4n) is 14.0. The Bertz CT molecular complexity index is 1970. The number of nitrogens with zero attached hydrogens (tertiary/aromatic N) is 3. The van der Waals surface area contributed by atoms with E-state index in [1.165, 1.54) is 48.1 Å². The third kappa shape index (κ3) is 5.07. The molecule has 3 heterocycles. The number of hydrogen-bond donors (Lipinski definition) is 2.